The minimum absolute atomic E-state index is 0.0113. The van der Waals surface area contributed by atoms with Crippen molar-refractivity contribution in [2.24, 2.45) is 0 Å². The van der Waals surface area contributed by atoms with Gasteiger partial charge in [-0.05, 0) is 0 Å². The van der Waals surface area contributed by atoms with Crippen LogP contribution < -0.4 is 0 Å². The predicted octanol–water partition coefficient (Wildman–Crippen LogP) is 3.60. The van der Waals surface area contributed by atoms with Crippen molar-refractivity contribution < 1.29 is 19.4 Å². The quantitative estimate of drug-likeness (QED) is 0.396. The normalized spacial score (nSPS) is 12.3. The van der Waals surface area contributed by atoms with Crippen LogP contribution in [0.25, 0.3) is 0 Å². The van der Waals surface area contributed by atoms with Gasteiger partial charge in [0.25, 0.3) is 0 Å². The Balaban J connectivity index is 2.26. The fourth-order valence-electron chi connectivity index (χ4n) is 2.61. The van der Waals surface area contributed by atoms with E-state index in [9.17, 15) is 9.59 Å². The number of carbonyl (C=O) groups is 2. The first-order valence-electron chi connectivity index (χ1n) is 8.73. The minimum atomic E-state index is -1.12. The van der Waals surface area contributed by atoms with Crippen molar-refractivity contribution in [1.29, 1.82) is 0 Å². The molecule has 2 atom stereocenters. The first kappa shape index (κ1) is 20.8. The molecule has 27 heavy (non-hydrogen) atoms. The van der Waals surface area contributed by atoms with Crippen molar-refractivity contribution in [2.75, 3.05) is 6.61 Å². The van der Waals surface area contributed by atoms with E-state index < -0.39 is 5.97 Å². The summed E-state index contributed by atoms with van der Waals surface area (Å²) in [7, 11) is 0. The first-order valence-corrected chi connectivity index (χ1v) is 10.7. The maximum atomic E-state index is 12.1. The summed E-state index contributed by atoms with van der Waals surface area (Å²) in [5.41, 5.74) is 2.21. The van der Waals surface area contributed by atoms with Crippen LogP contribution in [0.15, 0.2) is 60.7 Å². The van der Waals surface area contributed by atoms with Gasteiger partial charge in [-0.15, -0.1) is 0 Å². The van der Waals surface area contributed by atoms with E-state index in [4.69, 9.17) is 9.84 Å². The Bertz CT molecular complexity index is 793. The molecule has 0 aliphatic heterocycles. The summed E-state index contributed by atoms with van der Waals surface area (Å²) in [4.78, 5) is 23.0. The van der Waals surface area contributed by atoms with E-state index in [0.29, 0.717) is 19.4 Å². The molecule has 0 aliphatic rings. The Hall–Kier alpha value is -2.54. The zero-order valence-electron chi connectivity index (χ0n) is 15.1. The summed E-state index contributed by atoms with van der Waals surface area (Å²) in [6.07, 6.45) is 0.760. The standard InChI is InChI=1S/C22H22O4Se/c1-2-26-22(25)16-20(18-12-7-4-8-13-18)27-19(14-9-15-21(23)24)17-10-5-3-6-11-17/h3-8,10-13,19-20H,2,14,16H2,1H3,(H,23,24). The van der Waals surface area contributed by atoms with Crippen LogP contribution in [0.5, 0.6) is 0 Å². The van der Waals surface area contributed by atoms with Gasteiger partial charge in [-0.3, -0.25) is 0 Å². The second kappa shape index (κ2) is 11.2. The molecular weight excluding hydrogens is 407 g/mol. The molecule has 0 aliphatic carbocycles. The Morgan fingerprint density at radius 1 is 1.00 bits per heavy atom. The zero-order valence-corrected chi connectivity index (χ0v) is 16.8. The zero-order chi connectivity index (χ0) is 19.5. The Kier molecular flexibility index (Phi) is 8.64. The van der Waals surface area contributed by atoms with Crippen LogP contribution in [-0.2, 0) is 14.3 Å². The number of carboxylic acids is 1. The monoisotopic (exact) mass is 430 g/mol. The molecule has 2 rings (SSSR count). The van der Waals surface area contributed by atoms with Crippen LogP contribution in [0.4, 0.5) is 0 Å². The van der Waals surface area contributed by atoms with Gasteiger partial charge in [0.15, 0.2) is 0 Å². The molecule has 2 aromatic rings. The van der Waals surface area contributed by atoms with E-state index in [1.54, 1.807) is 6.92 Å². The third-order valence-electron chi connectivity index (χ3n) is 3.81. The fourth-order valence-corrected chi connectivity index (χ4v) is 5.63. The number of rotatable bonds is 8. The van der Waals surface area contributed by atoms with Crippen molar-refractivity contribution in [3.63, 3.8) is 0 Å². The van der Waals surface area contributed by atoms with Crippen molar-refractivity contribution >= 4 is 26.9 Å². The Morgan fingerprint density at radius 3 is 2.07 bits per heavy atom. The van der Waals surface area contributed by atoms with Gasteiger partial charge >= 0.3 is 166 Å². The Morgan fingerprint density at radius 2 is 1.56 bits per heavy atom. The molecule has 0 saturated carbocycles. The molecule has 0 heterocycles. The van der Waals surface area contributed by atoms with Gasteiger partial charge < -0.3 is 0 Å². The van der Waals surface area contributed by atoms with Gasteiger partial charge in [-0.1, -0.05) is 0 Å². The van der Waals surface area contributed by atoms with Gasteiger partial charge in [-0.25, -0.2) is 0 Å². The summed E-state index contributed by atoms with van der Waals surface area (Å²) >= 11 is -0.0113. The van der Waals surface area contributed by atoms with Crippen LogP contribution in [0.1, 0.15) is 40.5 Å². The summed E-state index contributed by atoms with van der Waals surface area (Å²) < 4.78 is 5.16. The number of hydrogen-bond donors (Lipinski definition) is 1. The molecule has 4 nitrogen and oxygen atoms in total. The number of ether oxygens (including phenoxy) is 1. The van der Waals surface area contributed by atoms with Crippen LogP contribution in [0.3, 0.4) is 0 Å². The topological polar surface area (TPSA) is 63.6 Å². The van der Waals surface area contributed by atoms with E-state index >= 15 is 0 Å². The molecular formula is C22H22O4Se. The number of benzene rings is 2. The molecule has 1 N–H and O–H groups in total. The van der Waals surface area contributed by atoms with Gasteiger partial charge in [0.1, 0.15) is 0 Å². The second-order valence-corrected chi connectivity index (χ2v) is 8.71. The number of carboxylic acid groups (broad SMARTS) is 1. The third-order valence-corrected chi connectivity index (χ3v) is 7.03. The number of esters is 1. The third kappa shape index (κ3) is 7.30. The van der Waals surface area contributed by atoms with E-state index in [1.807, 2.05) is 60.7 Å². The molecule has 0 bridgehead atoms. The molecule has 2 aromatic carbocycles. The van der Waals surface area contributed by atoms with Gasteiger partial charge in [-0.2, -0.15) is 0 Å². The van der Waals surface area contributed by atoms with Crippen molar-refractivity contribution in [3.8, 4) is 11.8 Å². The van der Waals surface area contributed by atoms with Gasteiger partial charge in [0.05, 0.1) is 0 Å². The van der Waals surface area contributed by atoms with Crippen LogP contribution in [0, 0.1) is 11.8 Å². The number of hydrogen-bond acceptors (Lipinski definition) is 3. The molecule has 0 amide bonds. The molecule has 0 spiro atoms. The fraction of sp³-hybridized carbons (Fsp3) is 0.273. The molecule has 0 radical (unpaired) electrons. The molecule has 0 aromatic heterocycles. The first-order chi connectivity index (χ1) is 13.1. The molecule has 0 fully saturated rings. The number of aliphatic carboxylic acids is 1. The van der Waals surface area contributed by atoms with Gasteiger partial charge in [0.2, 0.25) is 0 Å². The average molecular weight is 429 g/mol. The van der Waals surface area contributed by atoms with Crippen molar-refractivity contribution in [3.05, 3.63) is 71.8 Å². The van der Waals surface area contributed by atoms with E-state index in [-0.39, 0.29) is 30.6 Å². The van der Waals surface area contributed by atoms with Crippen molar-refractivity contribution in [1.82, 2.24) is 0 Å². The summed E-state index contributed by atoms with van der Waals surface area (Å²) in [6, 6.07) is 19.9. The van der Waals surface area contributed by atoms with Crippen LogP contribution in [0.2, 0.25) is 0 Å². The van der Waals surface area contributed by atoms with Gasteiger partial charge in [0, 0.05) is 0 Å². The molecule has 0 saturated heterocycles. The van der Waals surface area contributed by atoms with E-state index in [2.05, 4.69) is 11.8 Å². The summed E-state index contributed by atoms with van der Waals surface area (Å²) in [5.74, 6) is 3.64. The SMILES string of the molecule is CCOC(=O)CC([Se]C(CC#CC(=O)O)c1ccccc1)c1ccccc1. The average Bonchev–Trinajstić information content (AvgIpc) is 2.68. The molecule has 140 valence electrons. The van der Waals surface area contributed by atoms with Crippen molar-refractivity contribution in [2.45, 2.75) is 29.4 Å². The van der Waals surface area contributed by atoms with E-state index in [0.717, 1.165) is 11.1 Å². The second-order valence-electron chi connectivity index (χ2n) is 5.75. The maximum absolute atomic E-state index is 12.1. The van der Waals surface area contributed by atoms with Crippen LogP contribution >= 0.6 is 0 Å². The Labute approximate surface area is 166 Å². The predicted molar refractivity (Wildman–Crippen MR) is 105 cm³/mol. The molecule has 5 heteroatoms. The molecule has 2 unspecified atom stereocenters. The van der Waals surface area contributed by atoms with Crippen LogP contribution in [-0.4, -0.2) is 38.6 Å². The summed E-state index contributed by atoms with van der Waals surface area (Å²) in [6.45, 7) is 2.16. The van der Waals surface area contributed by atoms with E-state index in [1.165, 1.54) is 0 Å². The summed E-state index contributed by atoms with van der Waals surface area (Å²) in [5, 5.41) is 8.81. The number of carbonyl (C=O) groups excluding carboxylic acids is 1.